The Labute approximate surface area is 119 Å². The fourth-order valence-electron chi connectivity index (χ4n) is 2.11. The van der Waals surface area contributed by atoms with Gasteiger partial charge in [-0.3, -0.25) is 0 Å². The van der Waals surface area contributed by atoms with E-state index in [0.29, 0.717) is 10.8 Å². The molecule has 0 radical (unpaired) electrons. The van der Waals surface area contributed by atoms with Gasteiger partial charge in [0.05, 0.1) is 21.2 Å². The van der Waals surface area contributed by atoms with Gasteiger partial charge in [-0.2, -0.15) is 0 Å². The first-order chi connectivity index (χ1) is 9.06. The summed E-state index contributed by atoms with van der Waals surface area (Å²) in [6.45, 7) is 0. The molecule has 1 atom stereocenters. The van der Waals surface area contributed by atoms with E-state index in [1.807, 2.05) is 12.1 Å². The van der Waals surface area contributed by atoms with Crippen LogP contribution in [0.25, 0.3) is 0 Å². The summed E-state index contributed by atoms with van der Waals surface area (Å²) in [6, 6.07) is 6.71. The topological polar surface area (TPSA) is 72.0 Å². The van der Waals surface area contributed by atoms with E-state index in [-0.39, 0.29) is 11.8 Å². The molecule has 0 fully saturated rings. The van der Waals surface area contributed by atoms with Crippen LogP contribution in [0.3, 0.4) is 0 Å². The highest BCUT2D eigenvalue weighted by atomic mass is 79.9. The molecule has 7 heteroatoms. The molecule has 3 rings (SSSR count). The normalized spacial score (nSPS) is 19.9. The number of rotatable bonds is 2. The first kappa shape index (κ1) is 12.6. The van der Waals surface area contributed by atoms with Gasteiger partial charge < -0.3 is 5.32 Å². The average molecular weight is 340 g/mol. The number of halogens is 1. The molecule has 1 aromatic carbocycles. The number of hydrogen-bond donors (Lipinski definition) is 1. The summed E-state index contributed by atoms with van der Waals surface area (Å²) < 4.78 is 24.8. The lowest BCUT2D eigenvalue weighted by Gasteiger charge is -2.12. The summed E-state index contributed by atoms with van der Waals surface area (Å²) in [4.78, 5) is 8.59. The second-order valence-corrected chi connectivity index (χ2v) is 7.16. The Morgan fingerprint density at radius 3 is 2.63 bits per heavy atom. The minimum atomic E-state index is -3.21. The molecule has 1 aliphatic heterocycles. The summed E-state index contributed by atoms with van der Waals surface area (Å²) in [5, 5.41) is 3.06. The van der Waals surface area contributed by atoms with Crippen LogP contribution in [0.5, 0.6) is 0 Å². The maximum absolute atomic E-state index is 12.0. The summed E-state index contributed by atoms with van der Waals surface area (Å²) in [7, 11) is -3.21. The summed E-state index contributed by atoms with van der Waals surface area (Å²) in [5.74, 6) is 0.450. The minimum absolute atomic E-state index is 0.0335. The van der Waals surface area contributed by atoms with Crippen LogP contribution in [0.2, 0.25) is 0 Å². The predicted molar refractivity (Wildman–Crippen MR) is 74.6 cm³/mol. The molecule has 0 unspecified atom stereocenters. The molecule has 1 N–H and O–H groups in total. The number of nitrogens with one attached hydrogen (secondary N) is 1. The average Bonchev–Trinajstić information content (AvgIpc) is 2.65. The molecular weight excluding hydrogens is 330 g/mol. The van der Waals surface area contributed by atoms with E-state index in [0.717, 1.165) is 10.0 Å². The number of aromatic nitrogens is 2. The van der Waals surface area contributed by atoms with Crippen molar-refractivity contribution >= 4 is 31.7 Å². The molecule has 0 saturated heterocycles. The summed E-state index contributed by atoms with van der Waals surface area (Å²) in [6.07, 6.45) is 3.23. The number of benzene rings is 1. The zero-order valence-electron chi connectivity index (χ0n) is 9.75. The molecule has 1 aliphatic rings. The second kappa shape index (κ2) is 4.57. The van der Waals surface area contributed by atoms with Crippen molar-refractivity contribution in [2.45, 2.75) is 10.9 Å². The highest BCUT2D eigenvalue weighted by Gasteiger charge is 2.34. The molecule has 0 bridgehead atoms. The Morgan fingerprint density at radius 1 is 1.21 bits per heavy atom. The Morgan fingerprint density at radius 2 is 1.89 bits per heavy atom. The van der Waals surface area contributed by atoms with Gasteiger partial charge in [0, 0.05) is 12.4 Å². The van der Waals surface area contributed by atoms with Gasteiger partial charge in [-0.05, 0) is 27.6 Å². The molecule has 2 aromatic rings. The number of fused-ring (bicyclic) bond motifs is 1. The SMILES string of the molecule is O=S1(=O)C[C@H](Nc2ncc(Br)cn2)c2ccccc21. The summed E-state index contributed by atoms with van der Waals surface area (Å²) >= 11 is 3.25. The highest BCUT2D eigenvalue weighted by molar-refractivity contribution is 9.10. The quantitative estimate of drug-likeness (QED) is 0.907. The van der Waals surface area contributed by atoms with Crippen molar-refractivity contribution in [2.75, 3.05) is 11.1 Å². The first-order valence-corrected chi connectivity index (χ1v) is 8.06. The number of nitrogens with zero attached hydrogens (tertiary/aromatic N) is 2. The van der Waals surface area contributed by atoms with Crippen LogP contribution in [-0.2, 0) is 9.84 Å². The Hall–Kier alpha value is -1.47. The zero-order chi connectivity index (χ0) is 13.5. The molecule has 2 heterocycles. The van der Waals surface area contributed by atoms with Crippen molar-refractivity contribution in [2.24, 2.45) is 0 Å². The molecule has 0 amide bonds. The highest BCUT2D eigenvalue weighted by Crippen LogP contribution is 2.34. The lowest BCUT2D eigenvalue weighted by Crippen LogP contribution is -2.14. The lowest BCUT2D eigenvalue weighted by atomic mass is 10.1. The largest absolute Gasteiger partial charge is 0.346 e. The van der Waals surface area contributed by atoms with Crippen LogP contribution < -0.4 is 5.32 Å². The van der Waals surface area contributed by atoms with Gasteiger partial charge in [-0.25, -0.2) is 18.4 Å². The van der Waals surface area contributed by atoms with Crippen LogP contribution in [0.15, 0.2) is 46.0 Å². The van der Waals surface area contributed by atoms with Gasteiger partial charge in [-0.15, -0.1) is 0 Å². The molecule has 0 spiro atoms. The molecular formula is C12H10BrN3O2S. The zero-order valence-corrected chi connectivity index (χ0v) is 12.1. The molecule has 0 aliphatic carbocycles. The number of anilines is 1. The predicted octanol–water partition coefficient (Wildman–Crippen LogP) is 2.18. The monoisotopic (exact) mass is 339 g/mol. The smallest absolute Gasteiger partial charge is 0.223 e. The Balaban J connectivity index is 1.94. The van der Waals surface area contributed by atoms with Crippen LogP contribution in [0, 0.1) is 0 Å². The fourth-order valence-corrected chi connectivity index (χ4v) is 4.05. The third kappa shape index (κ3) is 2.35. The second-order valence-electron chi connectivity index (χ2n) is 4.24. The van der Waals surface area contributed by atoms with Crippen molar-refractivity contribution in [3.05, 3.63) is 46.7 Å². The van der Waals surface area contributed by atoms with Crippen molar-refractivity contribution in [1.29, 1.82) is 0 Å². The van der Waals surface area contributed by atoms with Crippen LogP contribution in [-0.4, -0.2) is 24.1 Å². The van der Waals surface area contributed by atoms with Gasteiger partial charge in [0.1, 0.15) is 0 Å². The molecule has 98 valence electrons. The van der Waals surface area contributed by atoms with Crippen LogP contribution in [0.1, 0.15) is 11.6 Å². The third-order valence-corrected chi connectivity index (χ3v) is 5.16. The van der Waals surface area contributed by atoms with Gasteiger partial charge in [0.25, 0.3) is 0 Å². The molecule has 0 saturated carbocycles. The van der Waals surface area contributed by atoms with Gasteiger partial charge in [-0.1, -0.05) is 18.2 Å². The van der Waals surface area contributed by atoms with E-state index in [1.54, 1.807) is 24.5 Å². The van der Waals surface area contributed by atoms with E-state index >= 15 is 0 Å². The van der Waals surface area contributed by atoms with Crippen LogP contribution in [0.4, 0.5) is 5.95 Å². The van der Waals surface area contributed by atoms with E-state index < -0.39 is 9.84 Å². The number of hydrogen-bond acceptors (Lipinski definition) is 5. The van der Waals surface area contributed by atoms with E-state index in [2.05, 4.69) is 31.2 Å². The molecule has 19 heavy (non-hydrogen) atoms. The van der Waals surface area contributed by atoms with Crippen molar-refractivity contribution < 1.29 is 8.42 Å². The molecule has 5 nitrogen and oxygen atoms in total. The summed E-state index contributed by atoms with van der Waals surface area (Å²) in [5.41, 5.74) is 0.772. The van der Waals surface area contributed by atoms with Gasteiger partial charge in [0.2, 0.25) is 5.95 Å². The van der Waals surface area contributed by atoms with E-state index in [4.69, 9.17) is 0 Å². The Kier molecular flexibility index (Phi) is 3.02. The lowest BCUT2D eigenvalue weighted by molar-refractivity contribution is 0.598. The van der Waals surface area contributed by atoms with Gasteiger partial charge >= 0.3 is 0 Å². The number of sulfone groups is 1. The van der Waals surface area contributed by atoms with E-state index in [9.17, 15) is 8.42 Å². The maximum Gasteiger partial charge on any atom is 0.223 e. The standard InChI is InChI=1S/C12H10BrN3O2S/c13-8-5-14-12(15-6-8)16-10-7-19(17,18)11-4-2-1-3-9(10)11/h1-6,10H,7H2,(H,14,15,16)/t10-/m0/s1. The van der Waals surface area contributed by atoms with Crippen LogP contribution >= 0.6 is 15.9 Å². The van der Waals surface area contributed by atoms with Crippen molar-refractivity contribution in [3.8, 4) is 0 Å². The maximum atomic E-state index is 12.0. The van der Waals surface area contributed by atoms with E-state index in [1.165, 1.54) is 0 Å². The first-order valence-electron chi connectivity index (χ1n) is 5.62. The molecule has 1 aromatic heterocycles. The van der Waals surface area contributed by atoms with Gasteiger partial charge in [0.15, 0.2) is 9.84 Å². The fraction of sp³-hybridized carbons (Fsp3) is 0.167. The minimum Gasteiger partial charge on any atom is -0.346 e. The van der Waals surface area contributed by atoms with Crippen molar-refractivity contribution in [1.82, 2.24) is 9.97 Å². The third-order valence-electron chi connectivity index (χ3n) is 2.94. The van der Waals surface area contributed by atoms with Crippen molar-refractivity contribution in [3.63, 3.8) is 0 Å². The Bertz CT molecular complexity index is 716.